The number of carbonyl (C=O) groups excluding carboxylic acids is 1. The van der Waals surface area contributed by atoms with Crippen LogP contribution >= 0.6 is 11.8 Å². The van der Waals surface area contributed by atoms with Crippen molar-refractivity contribution in [2.45, 2.75) is 26.3 Å². The number of oxime groups is 1. The van der Waals surface area contributed by atoms with E-state index in [1.807, 2.05) is 13.2 Å². The lowest BCUT2D eigenvalue weighted by molar-refractivity contribution is -0.133. The summed E-state index contributed by atoms with van der Waals surface area (Å²) in [4.78, 5) is 13.5. The fourth-order valence-electron chi connectivity index (χ4n) is 1.22. The maximum atomic E-state index is 11.9. The van der Waals surface area contributed by atoms with Crippen molar-refractivity contribution in [2.24, 2.45) is 16.8 Å². The summed E-state index contributed by atoms with van der Waals surface area (Å²) in [6.07, 6.45) is 2.97. The van der Waals surface area contributed by atoms with Crippen LogP contribution in [0, 0.1) is 5.92 Å². The van der Waals surface area contributed by atoms with Gasteiger partial charge in [0, 0.05) is 13.1 Å². The fourth-order valence-corrected chi connectivity index (χ4v) is 1.79. The molecule has 0 aromatic carbocycles. The van der Waals surface area contributed by atoms with Crippen molar-refractivity contribution in [3.05, 3.63) is 0 Å². The molecule has 0 heterocycles. The molecule has 0 spiro atoms. The molecule has 2 unspecified atom stereocenters. The third-order valence-corrected chi connectivity index (χ3v) is 3.32. The number of hydrogen-bond donors (Lipinski definition) is 2. The third-order valence-electron chi connectivity index (χ3n) is 2.68. The van der Waals surface area contributed by atoms with Crippen molar-refractivity contribution in [1.29, 1.82) is 0 Å². The number of carbonyl (C=O) groups is 1. The molecule has 0 bridgehead atoms. The van der Waals surface area contributed by atoms with E-state index in [9.17, 15) is 4.79 Å². The number of amides is 1. The van der Waals surface area contributed by atoms with Gasteiger partial charge in [-0.2, -0.15) is 11.8 Å². The highest BCUT2D eigenvalue weighted by Crippen LogP contribution is 2.10. The van der Waals surface area contributed by atoms with Gasteiger partial charge in [-0.25, -0.2) is 0 Å². The molecule has 0 saturated carbocycles. The van der Waals surface area contributed by atoms with Crippen LogP contribution in [0.1, 0.15) is 20.3 Å². The maximum absolute atomic E-state index is 11.9. The Kier molecular flexibility index (Phi) is 6.96. The van der Waals surface area contributed by atoms with Gasteiger partial charge in [-0.1, -0.05) is 5.16 Å². The van der Waals surface area contributed by atoms with E-state index >= 15 is 0 Å². The Morgan fingerprint density at radius 2 is 2.12 bits per heavy atom. The first-order valence-corrected chi connectivity index (χ1v) is 6.58. The fraction of sp³-hybridized carbons (Fsp3) is 0.800. The summed E-state index contributed by atoms with van der Waals surface area (Å²) in [6.45, 7) is 3.63. The van der Waals surface area contributed by atoms with Gasteiger partial charge < -0.3 is 15.8 Å². The van der Waals surface area contributed by atoms with Crippen LogP contribution in [0.25, 0.3) is 0 Å². The molecule has 0 aliphatic rings. The van der Waals surface area contributed by atoms with Crippen molar-refractivity contribution in [3.8, 4) is 0 Å². The number of amidine groups is 1. The van der Waals surface area contributed by atoms with E-state index in [0.717, 1.165) is 12.2 Å². The molecule has 94 valence electrons. The predicted octanol–water partition coefficient (Wildman–Crippen LogP) is 0.969. The lowest BCUT2D eigenvalue weighted by Gasteiger charge is -2.27. The molecule has 0 aromatic heterocycles. The lowest BCUT2D eigenvalue weighted by atomic mass is 10.1. The van der Waals surface area contributed by atoms with Crippen LogP contribution in [0.2, 0.25) is 0 Å². The molecular formula is C10H21N3O2S. The van der Waals surface area contributed by atoms with Gasteiger partial charge in [0.1, 0.15) is 0 Å². The molecular weight excluding hydrogens is 226 g/mol. The van der Waals surface area contributed by atoms with Gasteiger partial charge in [-0.3, -0.25) is 4.79 Å². The third kappa shape index (κ3) is 4.30. The Morgan fingerprint density at radius 3 is 2.56 bits per heavy atom. The SMILES string of the molecule is CSCCC(C)N(C)C(=O)C(C)C(N)=NO. The van der Waals surface area contributed by atoms with E-state index in [2.05, 4.69) is 5.16 Å². The van der Waals surface area contributed by atoms with E-state index in [4.69, 9.17) is 10.9 Å². The minimum Gasteiger partial charge on any atom is -0.409 e. The summed E-state index contributed by atoms with van der Waals surface area (Å²) in [5.74, 6) is 0.265. The van der Waals surface area contributed by atoms with Gasteiger partial charge >= 0.3 is 0 Å². The summed E-state index contributed by atoms with van der Waals surface area (Å²) in [6, 6.07) is 0.161. The van der Waals surface area contributed by atoms with Gasteiger partial charge in [0.15, 0.2) is 5.84 Å². The summed E-state index contributed by atoms with van der Waals surface area (Å²) >= 11 is 1.75. The van der Waals surface area contributed by atoms with Crippen LogP contribution in [0.5, 0.6) is 0 Å². The molecule has 1 amide bonds. The summed E-state index contributed by atoms with van der Waals surface area (Å²) in [5.41, 5.74) is 5.40. The van der Waals surface area contributed by atoms with Crippen molar-refractivity contribution < 1.29 is 10.0 Å². The molecule has 2 atom stereocenters. The van der Waals surface area contributed by atoms with E-state index < -0.39 is 5.92 Å². The van der Waals surface area contributed by atoms with Gasteiger partial charge in [-0.05, 0) is 32.3 Å². The average molecular weight is 247 g/mol. The quantitative estimate of drug-likeness (QED) is 0.317. The highest BCUT2D eigenvalue weighted by atomic mass is 32.2. The van der Waals surface area contributed by atoms with Gasteiger partial charge in [0.05, 0.1) is 5.92 Å². The Bertz CT molecular complexity index is 258. The van der Waals surface area contributed by atoms with Crippen molar-refractivity contribution in [2.75, 3.05) is 19.1 Å². The van der Waals surface area contributed by atoms with E-state index in [0.29, 0.717) is 0 Å². The van der Waals surface area contributed by atoms with E-state index in [1.54, 1.807) is 30.6 Å². The van der Waals surface area contributed by atoms with Gasteiger partial charge in [0.25, 0.3) is 0 Å². The lowest BCUT2D eigenvalue weighted by Crippen LogP contribution is -2.42. The number of hydrogen-bond acceptors (Lipinski definition) is 4. The maximum Gasteiger partial charge on any atom is 0.233 e. The summed E-state index contributed by atoms with van der Waals surface area (Å²) in [7, 11) is 1.74. The zero-order valence-electron chi connectivity index (χ0n) is 10.3. The second-order valence-corrected chi connectivity index (χ2v) is 4.81. The van der Waals surface area contributed by atoms with Crippen LogP contribution in [0.3, 0.4) is 0 Å². The number of nitrogens with zero attached hydrogens (tertiary/aromatic N) is 2. The van der Waals surface area contributed by atoms with Crippen LogP contribution in [0.15, 0.2) is 5.16 Å². The highest BCUT2D eigenvalue weighted by molar-refractivity contribution is 7.98. The summed E-state index contributed by atoms with van der Waals surface area (Å²) in [5, 5.41) is 11.4. The molecule has 3 N–H and O–H groups in total. The second-order valence-electron chi connectivity index (χ2n) is 3.83. The first kappa shape index (κ1) is 15.1. The molecule has 16 heavy (non-hydrogen) atoms. The van der Waals surface area contributed by atoms with Crippen molar-refractivity contribution in [3.63, 3.8) is 0 Å². The first-order chi connectivity index (χ1) is 7.45. The van der Waals surface area contributed by atoms with Crippen molar-refractivity contribution >= 4 is 23.5 Å². The summed E-state index contributed by atoms with van der Waals surface area (Å²) < 4.78 is 0. The first-order valence-electron chi connectivity index (χ1n) is 5.18. The number of thioether (sulfide) groups is 1. The van der Waals surface area contributed by atoms with E-state index in [-0.39, 0.29) is 17.8 Å². The molecule has 0 aliphatic heterocycles. The Hall–Kier alpha value is -0.910. The predicted molar refractivity (Wildman–Crippen MR) is 67.8 cm³/mol. The number of rotatable bonds is 6. The molecule has 0 aliphatic carbocycles. The van der Waals surface area contributed by atoms with Crippen molar-refractivity contribution in [1.82, 2.24) is 4.90 Å². The van der Waals surface area contributed by atoms with Crippen LogP contribution in [-0.4, -0.2) is 46.9 Å². The minimum absolute atomic E-state index is 0.0473. The Morgan fingerprint density at radius 1 is 1.56 bits per heavy atom. The smallest absolute Gasteiger partial charge is 0.233 e. The van der Waals surface area contributed by atoms with Gasteiger partial charge in [0.2, 0.25) is 5.91 Å². The number of nitrogens with two attached hydrogens (primary N) is 1. The highest BCUT2D eigenvalue weighted by Gasteiger charge is 2.24. The monoisotopic (exact) mass is 247 g/mol. The van der Waals surface area contributed by atoms with Crippen LogP contribution in [-0.2, 0) is 4.79 Å². The van der Waals surface area contributed by atoms with Crippen LogP contribution in [0.4, 0.5) is 0 Å². The van der Waals surface area contributed by atoms with Crippen LogP contribution < -0.4 is 5.73 Å². The van der Waals surface area contributed by atoms with Gasteiger partial charge in [-0.15, -0.1) is 0 Å². The zero-order valence-corrected chi connectivity index (χ0v) is 11.1. The molecule has 6 heteroatoms. The second kappa shape index (κ2) is 7.38. The standard InChI is InChI=1S/C10H21N3O2S/c1-7(5-6-16-4)13(3)10(14)8(2)9(11)12-15/h7-8,15H,5-6H2,1-4H3,(H2,11,12). The molecule has 0 saturated heterocycles. The Balaban J connectivity index is 4.37. The molecule has 0 rings (SSSR count). The largest absolute Gasteiger partial charge is 0.409 e. The molecule has 5 nitrogen and oxygen atoms in total. The normalized spacial score (nSPS) is 15.6. The molecule has 0 radical (unpaired) electrons. The zero-order chi connectivity index (χ0) is 12.7. The van der Waals surface area contributed by atoms with E-state index in [1.165, 1.54) is 0 Å². The topological polar surface area (TPSA) is 78.9 Å². The molecule has 0 fully saturated rings. The Labute approximate surface area is 101 Å². The molecule has 0 aromatic rings. The average Bonchev–Trinajstić information content (AvgIpc) is 2.31. The minimum atomic E-state index is -0.577.